The van der Waals surface area contributed by atoms with E-state index in [-0.39, 0.29) is 5.91 Å². The van der Waals surface area contributed by atoms with Crippen LogP contribution < -0.4 is 5.32 Å². The first kappa shape index (κ1) is 12.6. The molecule has 0 aliphatic heterocycles. The minimum Gasteiger partial charge on any atom is -0.325 e. The number of H-pyrrole nitrogens is 1. The summed E-state index contributed by atoms with van der Waals surface area (Å²) in [6.45, 7) is 2.10. The molecule has 0 fully saturated rings. The molecule has 0 aliphatic carbocycles. The van der Waals surface area contributed by atoms with Crippen molar-refractivity contribution in [2.24, 2.45) is 0 Å². The number of aromatic nitrogens is 3. The SMILES string of the molecule is CCc1ccc(NC(=O)CSc2ncn[nH]2)cc1. The van der Waals surface area contributed by atoms with Gasteiger partial charge in [-0.1, -0.05) is 30.8 Å². The molecule has 0 atom stereocenters. The van der Waals surface area contributed by atoms with E-state index < -0.39 is 0 Å². The summed E-state index contributed by atoms with van der Waals surface area (Å²) in [6, 6.07) is 7.85. The van der Waals surface area contributed by atoms with Crippen LogP contribution in [0.5, 0.6) is 0 Å². The van der Waals surface area contributed by atoms with Crippen molar-refractivity contribution in [2.45, 2.75) is 18.5 Å². The third-order valence-electron chi connectivity index (χ3n) is 2.38. The molecule has 0 aliphatic rings. The van der Waals surface area contributed by atoms with Gasteiger partial charge in [0.1, 0.15) is 6.33 Å². The lowest BCUT2D eigenvalue weighted by molar-refractivity contribution is -0.113. The summed E-state index contributed by atoms with van der Waals surface area (Å²) in [5.41, 5.74) is 2.07. The number of carbonyl (C=O) groups is 1. The monoisotopic (exact) mass is 262 g/mol. The van der Waals surface area contributed by atoms with Crippen LogP contribution in [0, 0.1) is 0 Å². The third kappa shape index (κ3) is 3.59. The Balaban J connectivity index is 1.83. The highest BCUT2D eigenvalue weighted by molar-refractivity contribution is 7.99. The first-order chi connectivity index (χ1) is 8.78. The number of hydrogen-bond acceptors (Lipinski definition) is 4. The molecule has 0 bridgehead atoms. The van der Waals surface area contributed by atoms with E-state index in [1.165, 1.54) is 23.7 Å². The molecule has 0 saturated heterocycles. The van der Waals surface area contributed by atoms with Gasteiger partial charge in [-0.25, -0.2) is 4.98 Å². The Kier molecular flexibility index (Phi) is 4.35. The number of benzene rings is 1. The number of amides is 1. The highest BCUT2D eigenvalue weighted by Crippen LogP contribution is 2.13. The van der Waals surface area contributed by atoms with Crippen molar-refractivity contribution >= 4 is 23.4 Å². The Bertz CT molecular complexity index is 495. The summed E-state index contributed by atoms with van der Waals surface area (Å²) in [6.07, 6.45) is 2.42. The Morgan fingerprint density at radius 3 is 2.78 bits per heavy atom. The number of nitrogens with zero attached hydrogens (tertiary/aromatic N) is 2. The van der Waals surface area contributed by atoms with Crippen molar-refractivity contribution in [1.82, 2.24) is 15.2 Å². The Morgan fingerprint density at radius 1 is 1.39 bits per heavy atom. The van der Waals surface area contributed by atoms with E-state index in [1.54, 1.807) is 0 Å². The first-order valence-corrected chi connectivity index (χ1v) is 6.63. The van der Waals surface area contributed by atoms with Gasteiger partial charge >= 0.3 is 0 Å². The molecule has 2 N–H and O–H groups in total. The summed E-state index contributed by atoms with van der Waals surface area (Å²) in [5.74, 6) is 0.255. The van der Waals surface area contributed by atoms with Gasteiger partial charge in [-0.05, 0) is 24.1 Å². The average molecular weight is 262 g/mol. The third-order valence-corrected chi connectivity index (χ3v) is 3.26. The van der Waals surface area contributed by atoms with E-state index >= 15 is 0 Å². The van der Waals surface area contributed by atoms with Crippen molar-refractivity contribution in [3.05, 3.63) is 36.2 Å². The van der Waals surface area contributed by atoms with E-state index in [0.717, 1.165) is 12.1 Å². The number of aryl methyl sites for hydroxylation is 1. The topological polar surface area (TPSA) is 70.7 Å². The number of thioether (sulfide) groups is 1. The number of carbonyl (C=O) groups excluding carboxylic acids is 1. The largest absolute Gasteiger partial charge is 0.325 e. The maximum atomic E-state index is 11.7. The van der Waals surface area contributed by atoms with Crippen LogP contribution in [0.3, 0.4) is 0 Å². The van der Waals surface area contributed by atoms with Crippen LogP contribution in [0.2, 0.25) is 0 Å². The van der Waals surface area contributed by atoms with Gasteiger partial charge in [-0.3, -0.25) is 9.89 Å². The highest BCUT2D eigenvalue weighted by Gasteiger charge is 2.05. The summed E-state index contributed by atoms with van der Waals surface area (Å²) in [4.78, 5) is 15.6. The molecule has 1 heterocycles. The van der Waals surface area contributed by atoms with Crippen LogP contribution in [0.1, 0.15) is 12.5 Å². The van der Waals surface area contributed by atoms with Crippen molar-refractivity contribution in [3.63, 3.8) is 0 Å². The standard InChI is InChI=1S/C12H14N4OS/c1-2-9-3-5-10(6-4-9)15-11(17)7-18-12-13-8-14-16-12/h3-6,8H,2,7H2,1H3,(H,15,17)(H,13,14,16). The Labute approximate surface area is 109 Å². The number of anilines is 1. The molecule has 18 heavy (non-hydrogen) atoms. The molecule has 0 unspecified atom stereocenters. The fourth-order valence-corrected chi connectivity index (χ4v) is 2.00. The minimum atomic E-state index is -0.0550. The van der Waals surface area contributed by atoms with Crippen LogP contribution in [-0.4, -0.2) is 26.8 Å². The van der Waals surface area contributed by atoms with E-state index in [2.05, 4.69) is 27.4 Å². The van der Waals surface area contributed by atoms with Crippen molar-refractivity contribution in [1.29, 1.82) is 0 Å². The lowest BCUT2D eigenvalue weighted by Gasteiger charge is -2.05. The molecule has 0 saturated carbocycles. The average Bonchev–Trinajstić information content (AvgIpc) is 2.90. The van der Waals surface area contributed by atoms with Crippen molar-refractivity contribution in [3.8, 4) is 0 Å². The molecule has 0 radical (unpaired) electrons. The van der Waals surface area contributed by atoms with E-state index in [4.69, 9.17) is 0 Å². The van der Waals surface area contributed by atoms with Crippen LogP contribution in [0.4, 0.5) is 5.69 Å². The molecule has 2 rings (SSSR count). The second kappa shape index (κ2) is 6.20. The zero-order chi connectivity index (χ0) is 12.8. The van der Waals surface area contributed by atoms with Crippen LogP contribution >= 0.6 is 11.8 Å². The molecule has 1 amide bonds. The molecule has 2 aromatic rings. The predicted octanol–water partition coefficient (Wildman–Crippen LogP) is 2.10. The van der Waals surface area contributed by atoms with Gasteiger partial charge in [0, 0.05) is 5.69 Å². The zero-order valence-electron chi connectivity index (χ0n) is 10.0. The lowest BCUT2D eigenvalue weighted by Crippen LogP contribution is -2.14. The van der Waals surface area contributed by atoms with E-state index in [0.29, 0.717) is 10.9 Å². The lowest BCUT2D eigenvalue weighted by atomic mass is 10.1. The van der Waals surface area contributed by atoms with Gasteiger partial charge < -0.3 is 5.32 Å². The fourth-order valence-electron chi connectivity index (χ4n) is 1.42. The van der Waals surface area contributed by atoms with Crippen molar-refractivity contribution < 1.29 is 4.79 Å². The molecule has 0 spiro atoms. The summed E-state index contributed by atoms with van der Waals surface area (Å²) in [5, 5.41) is 9.89. The quantitative estimate of drug-likeness (QED) is 0.809. The van der Waals surface area contributed by atoms with Gasteiger partial charge in [0.05, 0.1) is 5.75 Å². The number of aromatic amines is 1. The van der Waals surface area contributed by atoms with Gasteiger partial charge in [0.2, 0.25) is 5.91 Å². The van der Waals surface area contributed by atoms with Gasteiger partial charge in [0.15, 0.2) is 5.16 Å². The maximum Gasteiger partial charge on any atom is 0.234 e. The summed E-state index contributed by atoms with van der Waals surface area (Å²) >= 11 is 1.32. The molecule has 94 valence electrons. The summed E-state index contributed by atoms with van der Waals surface area (Å²) in [7, 11) is 0. The number of nitrogens with one attached hydrogen (secondary N) is 2. The van der Waals surface area contributed by atoms with Gasteiger partial charge in [-0.15, -0.1) is 0 Å². The smallest absolute Gasteiger partial charge is 0.234 e. The second-order valence-corrected chi connectivity index (χ2v) is 4.64. The van der Waals surface area contributed by atoms with Gasteiger partial charge in [-0.2, -0.15) is 5.10 Å². The second-order valence-electron chi connectivity index (χ2n) is 3.68. The van der Waals surface area contributed by atoms with Crippen molar-refractivity contribution in [2.75, 3.05) is 11.1 Å². The normalized spacial score (nSPS) is 10.3. The molecule has 6 heteroatoms. The molecular formula is C12H14N4OS. The van der Waals surface area contributed by atoms with Crippen LogP contribution in [0.25, 0.3) is 0 Å². The molecular weight excluding hydrogens is 248 g/mol. The Morgan fingerprint density at radius 2 is 2.17 bits per heavy atom. The maximum absolute atomic E-state index is 11.7. The number of rotatable bonds is 5. The predicted molar refractivity (Wildman–Crippen MR) is 71.6 cm³/mol. The summed E-state index contributed by atoms with van der Waals surface area (Å²) < 4.78 is 0. The van der Waals surface area contributed by atoms with Crippen LogP contribution in [-0.2, 0) is 11.2 Å². The highest BCUT2D eigenvalue weighted by atomic mass is 32.2. The molecule has 5 nitrogen and oxygen atoms in total. The fraction of sp³-hybridized carbons (Fsp3) is 0.250. The first-order valence-electron chi connectivity index (χ1n) is 5.65. The zero-order valence-corrected chi connectivity index (χ0v) is 10.8. The van der Waals surface area contributed by atoms with Crippen LogP contribution in [0.15, 0.2) is 35.7 Å². The molecule has 1 aromatic heterocycles. The van der Waals surface area contributed by atoms with E-state index in [1.807, 2.05) is 24.3 Å². The number of hydrogen-bond donors (Lipinski definition) is 2. The van der Waals surface area contributed by atoms with Gasteiger partial charge in [0.25, 0.3) is 0 Å². The minimum absolute atomic E-state index is 0.0550. The Hall–Kier alpha value is -1.82. The van der Waals surface area contributed by atoms with E-state index in [9.17, 15) is 4.79 Å². The molecule has 1 aromatic carbocycles.